The van der Waals surface area contributed by atoms with Crippen molar-refractivity contribution in [1.82, 2.24) is 9.80 Å². The quantitative estimate of drug-likeness (QED) is 0.861. The minimum atomic E-state index is -0.0476. The van der Waals surface area contributed by atoms with Crippen LogP contribution >= 0.6 is 0 Å². The van der Waals surface area contributed by atoms with Crippen LogP contribution in [0.1, 0.15) is 33.1 Å². The summed E-state index contributed by atoms with van der Waals surface area (Å²) < 4.78 is 5.93. The van der Waals surface area contributed by atoms with Crippen molar-refractivity contribution in [3.63, 3.8) is 0 Å². The van der Waals surface area contributed by atoms with Crippen LogP contribution in [0.3, 0.4) is 0 Å². The number of hydrogen-bond donors (Lipinski definition) is 1. The van der Waals surface area contributed by atoms with Gasteiger partial charge in [-0.3, -0.25) is 4.90 Å². The van der Waals surface area contributed by atoms with Crippen molar-refractivity contribution in [1.29, 1.82) is 0 Å². The molecule has 2 saturated heterocycles. The van der Waals surface area contributed by atoms with E-state index in [1.807, 2.05) is 0 Å². The Kier molecular flexibility index (Phi) is 5.26. The zero-order chi connectivity index (χ0) is 16.3. The minimum absolute atomic E-state index is 0.0476. The van der Waals surface area contributed by atoms with Crippen molar-refractivity contribution in [3.8, 4) is 0 Å². The molecule has 2 heterocycles. The second kappa shape index (κ2) is 7.06. The third-order valence-corrected chi connectivity index (χ3v) is 5.80. The van der Waals surface area contributed by atoms with Crippen LogP contribution in [0, 0.1) is 5.92 Å². The molecule has 4 nitrogen and oxygen atoms in total. The zero-order valence-corrected chi connectivity index (χ0v) is 14.8. The van der Waals surface area contributed by atoms with E-state index >= 15 is 0 Å². The first-order valence-electron chi connectivity index (χ1n) is 9.18. The van der Waals surface area contributed by atoms with Crippen molar-refractivity contribution in [3.05, 3.63) is 24.3 Å². The van der Waals surface area contributed by atoms with Gasteiger partial charge in [0, 0.05) is 51.4 Å². The second-order valence-corrected chi connectivity index (χ2v) is 8.06. The van der Waals surface area contributed by atoms with Gasteiger partial charge in [-0.25, -0.2) is 0 Å². The van der Waals surface area contributed by atoms with Gasteiger partial charge in [-0.15, -0.1) is 0 Å². The first-order valence-corrected chi connectivity index (χ1v) is 9.18. The molecule has 2 N–H and O–H groups in total. The van der Waals surface area contributed by atoms with Crippen LogP contribution in [0.15, 0.2) is 24.3 Å². The Morgan fingerprint density at radius 3 is 2.57 bits per heavy atom. The average molecular weight is 319 g/mol. The van der Waals surface area contributed by atoms with Crippen molar-refractivity contribution in [2.45, 2.75) is 44.2 Å². The van der Waals surface area contributed by atoms with Crippen LogP contribution in [0.4, 0.5) is 0 Å². The van der Waals surface area contributed by atoms with Crippen LogP contribution in [-0.4, -0.2) is 66.8 Å². The molecule has 4 heteroatoms. The summed E-state index contributed by atoms with van der Waals surface area (Å²) >= 11 is 0. The molecule has 2 aliphatic heterocycles. The van der Waals surface area contributed by atoms with E-state index in [4.69, 9.17) is 10.5 Å². The molecule has 0 bridgehead atoms. The van der Waals surface area contributed by atoms with E-state index in [9.17, 15) is 0 Å². The Morgan fingerprint density at radius 1 is 1.17 bits per heavy atom. The maximum Gasteiger partial charge on any atom is 0.0644 e. The molecular formula is C19H33N3O. The van der Waals surface area contributed by atoms with Gasteiger partial charge in [0.25, 0.3) is 0 Å². The van der Waals surface area contributed by atoms with Gasteiger partial charge in [0.15, 0.2) is 0 Å². The molecule has 0 spiro atoms. The standard InChI is InChI=1S/C19H33N3O/c1-18(2)15-19(16-20,8-13-23-18)22-11-9-21(10-12-22)14-17-6-4-3-5-7-17/h3-6,17H,7-16,20H2,1-2H3. The lowest BCUT2D eigenvalue weighted by Gasteiger charge is -2.53. The fourth-order valence-electron chi connectivity index (χ4n) is 4.53. The Bertz CT molecular complexity index is 452. The summed E-state index contributed by atoms with van der Waals surface area (Å²) in [6.07, 6.45) is 12.3. The van der Waals surface area contributed by atoms with Crippen molar-refractivity contribution in [2.24, 2.45) is 11.7 Å². The van der Waals surface area contributed by atoms with Crippen LogP contribution < -0.4 is 5.73 Å². The van der Waals surface area contributed by atoms with Gasteiger partial charge in [0.05, 0.1) is 5.60 Å². The van der Waals surface area contributed by atoms with Gasteiger partial charge < -0.3 is 15.4 Å². The molecular weight excluding hydrogens is 286 g/mol. The van der Waals surface area contributed by atoms with Gasteiger partial charge in [-0.05, 0) is 39.0 Å². The van der Waals surface area contributed by atoms with E-state index in [1.165, 1.54) is 13.0 Å². The average Bonchev–Trinajstić information content (AvgIpc) is 2.55. The summed E-state index contributed by atoms with van der Waals surface area (Å²) in [5.74, 6) is 0.692. The summed E-state index contributed by atoms with van der Waals surface area (Å²) in [7, 11) is 0. The lowest BCUT2D eigenvalue weighted by atomic mass is 9.79. The molecule has 0 aromatic carbocycles. The predicted octanol–water partition coefficient (Wildman–Crippen LogP) is 2.02. The van der Waals surface area contributed by atoms with E-state index in [-0.39, 0.29) is 11.1 Å². The van der Waals surface area contributed by atoms with E-state index in [1.54, 1.807) is 0 Å². The Balaban J connectivity index is 1.55. The predicted molar refractivity (Wildman–Crippen MR) is 95.5 cm³/mol. The van der Waals surface area contributed by atoms with E-state index in [0.717, 1.165) is 52.2 Å². The van der Waals surface area contributed by atoms with Gasteiger partial charge in [0.1, 0.15) is 0 Å². The van der Waals surface area contributed by atoms with Crippen molar-refractivity contribution in [2.75, 3.05) is 45.9 Å². The number of rotatable bonds is 4. The number of nitrogens with two attached hydrogens (primary N) is 1. The molecule has 3 aliphatic rings. The fraction of sp³-hybridized carbons (Fsp3) is 0.789. The van der Waals surface area contributed by atoms with Gasteiger partial charge in [0.2, 0.25) is 0 Å². The Morgan fingerprint density at radius 2 is 1.96 bits per heavy atom. The molecule has 23 heavy (non-hydrogen) atoms. The zero-order valence-electron chi connectivity index (χ0n) is 14.8. The molecule has 3 rings (SSSR count). The van der Waals surface area contributed by atoms with Gasteiger partial charge >= 0.3 is 0 Å². The van der Waals surface area contributed by atoms with Gasteiger partial charge in [-0.2, -0.15) is 0 Å². The third kappa shape index (κ3) is 4.05. The summed E-state index contributed by atoms with van der Waals surface area (Å²) in [5, 5.41) is 0. The smallest absolute Gasteiger partial charge is 0.0644 e. The fourth-order valence-corrected chi connectivity index (χ4v) is 4.53. The number of piperazine rings is 1. The monoisotopic (exact) mass is 319 g/mol. The number of allylic oxidation sites excluding steroid dienone is 3. The van der Waals surface area contributed by atoms with Gasteiger partial charge in [-0.1, -0.05) is 24.3 Å². The molecule has 0 saturated carbocycles. The molecule has 130 valence electrons. The first-order chi connectivity index (χ1) is 11.0. The Labute approximate surface area is 141 Å². The molecule has 0 radical (unpaired) electrons. The highest BCUT2D eigenvalue weighted by Crippen LogP contribution is 2.36. The maximum absolute atomic E-state index is 6.25. The summed E-state index contributed by atoms with van der Waals surface area (Å²) in [4.78, 5) is 5.28. The van der Waals surface area contributed by atoms with Crippen LogP contribution in [-0.2, 0) is 4.74 Å². The largest absolute Gasteiger partial charge is 0.375 e. The summed E-state index contributed by atoms with van der Waals surface area (Å²) in [6, 6.07) is 0. The molecule has 1 aliphatic carbocycles. The highest BCUT2D eigenvalue weighted by atomic mass is 16.5. The van der Waals surface area contributed by atoms with Crippen molar-refractivity contribution < 1.29 is 4.74 Å². The summed E-state index contributed by atoms with van der Waals surface area (Å²) in [5.41, 5.74) is 6.34. The van der Waals surface area contributed by atoms with E-state index in [0.29, 0.717) is 5.92 Å². The minimum Gasteiger partial charge on any atom is -0.375 e. The normalized spacial score (nSPS) is 35.5. The Hall–Kier alpha value is -0.680. The first kappa shape index (κ1) is 17.2. The highest BCUT2D eigenvalue weighted by molar-refractivity contribution is 5.11. The lowest BCUT2D eigenvalue weighted by Crippen LogP contribution is -2.64. The molecule has 0 amide bonds. The SMILES string of the molecule is CC1(C)CC(CN)(N2CCN(CC3C=CC=CC3)CC2)CCO1. The highest BCUT2D eigenvalue weighted by Gasteiger charge is 2.44. The lowest BCUT2D eigenvalue weighted by molar-refractivity contribution is -0.124. The van der Waals surface area contributed by atoms with E-state index in [2.05, 4.69) is 48.0 Å². The number of hydrogen-bond acceptors (Lipinski definition) is 4. The molecule has 2 unspecified atom stereocenters. The molecule has 2 fully saturated rings. The number of nitrogens with zero attached hydrogens (tertiary/aromatic N) is 2. The third-order valence-electron chi connectivity index (χ3n) is 5.80. The maximum atomic E-state index is 6.25. The topological polar surface area (TPSA) is 41.7 Å². The second-order valence-electron chi connectivity index (χ2n) is 8.06. The number of ether oxygens (including phenoxy) is 1. The van der Waals surface area contributed by atoms with Crippen LogP contribution in [0.25, 0.3) is 0 Å². The van der Waals surface area contributed by atoms with Crippen LogP contribution in [0.2, 0.25) is 0 Å². The van der Waals surface area contributed by atoms with Crippen LogP contribution in [0.5, 0.6) is 0 Å². The molecule has 2 atom stereocenters. The van der Waals surface area contributed by atoms with E-state index < -0.39 is 0 Å². The summed E-state index contributed by atoms with van der Waals surface area (Å²) in [6.45, 7) is 11.8. The molecule has 0 aromatic rings. The molecule has 0 aromatic heterocycles. The van der Waals surface area contributed by atoms with Crippen molar-refractivity contribution >= 4 is 0 Å².